The molecule has 2 N–H and O–H groups in total. The van der Waals surface area contributed by atoms with Gasteiger partial charge in [0.25, 0.3) is 0 Å². The molecule has 2 rings (SSSR count). The molecule has 0 aliphatic carbocycles. The summed E-state index contributed by atoms with van der Waals surface area (Å²) >= 11 is 0. The Morgan fingerprint density at radius 2 is 1.72 bits per heavy atom. The zero-order valence-corrected chi connectivity index (χ0v) is 11.1. The van der Waals surface area contributed by atoms with Gasteiger partial charge >= 0.3 is 0 Å². The first-order chi connectivity index (χ1) is 8.66. The van der Waals surface area contributed by atoms with Crippen LogP contribution >= 0.6 is 0 Å². The number of nitrogens with one attached hydrogen (secondary N) is 2. The van der Waals surface area contributed by atoms with Crippen molar-refractivity contribution >= 4 is 11.5 Å². The number of anilines is 2. The van der Waals surface area contributed by atoms with Crippen LogP contribution in [0, 0.1) is 6.92 Å². The van der Waals surface area contributed by atoms with E-state index in [2.05, 4.69) is 47.9 Å². The minimum Gasteiger partial charge on any atom is -0.299 e. The van der Waals surface area contributed by atoms with E-state index in [0.717, 1.165) is 17.2 Å². The molecule has 0 unspecified atom stereocenters. The Balaban J connectivity index is 2.11. The predicted octanol–water partition coefficient (Wildman–Crippen LogP) is 3.95. The van der Waals surface area contributed by atoms with Crippen molar-refractivity contribution in [2.75, 3.05) is 10.9 Å². The van der Waals surface area contributed by atoms with E-state index in [0.29, 0.717) is 5.92 Å². The van der Waals surface area contributed by atoms with Crippen molar-refractivity contribution in [3.05, 3.63) is 53.7 Å². The van der Waals surface area contributed by atoms with E-state index in [1.54, 1.807) is 0 Å². The van der Waals surface area contributed by atoms with Crippen LogP contribution in [-0.2, 0) is 0 Å². The third kappa shape index (κ3) is 3.00. The van der Waals surface area contributed by atoms with Gasteiger partial charge in [-0.3, -0.25) is 10.9 Å². The largest absolute Gasteiger partial charge is 0.299 e. The molecule has 3 nitrogen and oxygen atoms in total. The molecule has 2 aromatic rings. The average Bonchev–Trinajstić information content (AvgIpc) is 2.37. The van der Waals surface area contributed by atoms with Crippen LogP contribution in [0.2, 0.25) is 0 Å². The lowest BCUT2D eigenvalue weighted by molar-refractivity contribution is 0.868. The van der Waals surface area contributed by atoms with Gasteiger partial charge in [-0.2, -0.15) is 0 Å². The summed E-state index contributed by atoms with van der Waals surface area (Å²) < 4.78 is 0. The standard InChI is InChI=1S/C15H19N3/c1-11(2)13-8-4-5-9-14(13)17-18-15-10-6-7-12(3)16-15/h4-11,17H,1-3H3,(H,16,18). The molecule has 0 radical (unpaired) electrons. The third-order valence-electron chi connectivity index (χ3n) is 2.80. The summed E-state index contributed by atoms with van der Waals surface area (Å²) in [6, 6.07) is 14.2. The highest BCUT2D eigenvalue weighted by Crippen LogP contribution is 2.23. The summed E-state index contributed by atoms with van der Waals surface area (Å²) in [5.41, 5.74) is 9.74. The van der Waals surface area contributed by atoms with Gasteiger partial charge in [-0.15, -0.1) is 0 Å². The minimum atomic E-state index is 0.487. The second-order valence-electron chi connectivity index (χ2n) is 4.66. The zero-order valence-electron chi connectivity index (χ0n) is 11.1. The minimum absolute atomic E-state index is 0.487. The Morgan fingerprint density at radius 1 is 0.944 bits per heavy atom. The van der Waals surface area contributed by atoms with Crippen molar-refractivity contribution in [3.8, 4) is 0 Å². The van der Waals surface area contributed by atoms with Crippen LogP contribution in [0.4, 0.5) is 11.5 Å². The summed E-state index contributed by atoms with van der Waals surface area (Å²) in [7, 11) is 0. The smallest absolute Gasteiger partial charge is 0.144 e. The van der Waals surface area contributed by atoms with Crippen molar-refractivity contribution in [2.24, 2.45) is 0 Å². The van der Waals surface area contributed by atoms with E-state index in [1.165, 1.54) is 5.56 Å². The molecule has 0 saturated carbocycles. The molecular weight excluding hydrogens is 222 g/mol. The molecule has 94 valence electrons. The number of rotatable bonds is 4. The molecule has 1 heterocycles. The van der Waals surface area contributed by atoms with Gasteiger partial charge in [0.1, 0.15) is 5.82 Å². The van der Waals surface area contributed by atoms with Crippen LogP contribution in [0.25, 0.3) is 0 Å². The summed E-state index contributed by atoms with van der Waals surface area (Å²) in [5.74, 6) is 1.31. The molecule has 18 heavy (non-hydrogen) atoms. The molecule has 0 aliphatic heterocycles. The van der Waals surface area contributed by atoms with Crippen LogP contribution in [0.15, 0.2) is 42.5 Å². The third-order valence-corrected chi connectivity index (χ3v) is 2.80. The lowest BCUT2D eigenvalue weighted by atomic mass is 10.0. The monoisotopic (exact) mass is 241 g/mol. The van der Waals surface area contributed by atoms with E-state index in [9.17, 15) is 0 Å². The van der Waals surface area contributed by atoms with Crippen molar-refractivity contribution in [1.29, 1.82) is 0 Å². The number of hydrazine groups is 1. The summed E-state index contributed by atoms with van der Waals surface area (Å²) in [6.45, 7) is 6.35. The maximum Gasteiger partial charge on any atom is 0.144 e. The van der Waals surface area contributed by atoms with Crippen LogP contribution in [0.5, 0.6) is 0 Å². The van der Waals surface area contributed by atoms with Crippen molar-refractivity contribution in [1.82, 2.24) is 4.98 Å². The lowest BCUT2D eigenvalue weighted by Gasteiger charge is -2.15. The zero-order chi connectivity index (χ0) is 13.0. The Hall–Kier alpha value is -2.03. The van der Waals surface area contributed by atoms with Gasteiger partial charge in [0.05, 0.1) is 5.69 Å². The first-order valence-corrected chi connectivity index (χ1v) is 6.21. The van der Waals surface area contributed by atoms with E-state index in [1.807, 2.05) is 31.2 Å². The predicted molar refractivity (Wildman–Crippen MR) is 76.8 cm³/mol. The molecule has 0 saturated heterocycles. The molecule has 0 atom stereocenters. The van der Waals surface area contributed by atoms with Crippen molar-refractivity contribution in [2.45, 2.75) is 26.7 Å². The Bertz CT molecular complexity index is 521. The van der Waals surface area contributed by atoms with Gasteiger partial charge in [0, 0.05) is 5.69 Å². The molecule has 0 spiro atoms. The normalized spacial score (nSPS) is 10.4. The number of benzene rings is 1. The highest BCUT2D eigenvalue weighted by Gasteiger charge is 2.05. The number of aromatic nitrogens is 1. The Morgan fingerprint density at radius 3 is 2.44 bits per heavy atom. The highest BCUT2D eigenvalue weighted by molar-refractivity contribution is 5.56. The maximum atomic E-state index is 4.39. The molecule has 1 aromatic carbocycles. The van der Waals surface area contributed by atoms with E-state index >= 15 is 0 Å². The Kier molecular flexibility index (Phi) is 3.82. The van der Waals surface area contributed by atoms with Crippen LogP contribution in [0.3, 0.4) is 0 Å². The Labute approximate surface area is 108 Å². The summed E-state index contributed by atoms with van der Waals surface area (Å²) in [4.78, 5) is 4.39. The van der Waals surface area contributed by atoms with E-state index in [-0.39, 0.29) is 0 Å². The number of aryl methyl sites for hydroxylation is 1. The van der Waals surface area contributed by atoms with Crippen molar-refractivity contribution < 1.29 is 0 Å². The second-order valence-corrected chi connectivity index (χ2v) is 4.66. The lowest BCUT2D eigenvalue weighted by Crippen LogP contribution is -2.12. The van der Waals surface area contributed by atoms with Gasteiger partial charge in [-0.05, 0) is 36.6 Å². The molecule has 0 fully saturated rings. The number of hydrogen-bond acceptors (Lipinski definition) is 3. The average molecular weight is 241 g/mol. The fourth-order valence-corrected chi connectivity index (χ4v) is 1.86. The van der Waals surface area contributed by atoms with Crippen LogP contribution in [-0.4, -0.2) is 4.98 Å². The second kappa shape index (κ2) is 5.54. The van der Waals surface area contributed by atoms with Crippen LogP contribution < -0.4 is 10.9 Å². The van der Waals surface area contributed by atoms with Gasteiger partial charge in [0.2, 0.25) is 0 Å². The summed E-state index contributed by atoms with van der Waals surface area (Å²) in [5, 5.41) is 0. The SMILES string of the molecule is Cc1cccc(NNc2ccccc2C(C)C)n1. The van der Waals surface area contributed by atoms with E-state index < -0.39 is 0 Å². The molecule has 0 bridgehead atoms. The maximum absolute atomic E-state index is 4.39. The quantitative estimate of drug-likeness (QED) is 0.796. The highest BCUT2D eigenvalue weighted by atomic mass is 15.4. The number of nitrogens with zero attached hydrogens (tertiary/aromatic N) is 1. The summed E-state index contributed by atoms with van der Waals surface area (Å²) in [6.07, 6.45) is 0. The van der Waals surface area contributed by atoms with E-state index in [4.69, 9.17) is 0 Å². The van der Waals surface area contributed by atoms with Crippen LogP contribution in [0.1, 0.15) is 31.0 Å². The first kappa shape index (κ1) is 12.4. The molecule has 1 aromatic heterocycles. The number of para-hydroxylation sites is 1. The van der Waals surface area contributed by atoms with Gasteiger partial charge in [-0.1, -0.05) is 38.1 Å². The fourth-order valence-electron chi connectivity index (χ4n) is 1.86. The number of hydrogen-bond donors (Lipinski definition) is 2. The van der Waals surface area contributed by atoms with Gasteiger partial charge in [-0.25, -0.2) is 4.98 Å². The first-order valence-electron chi connectivity index (χ1n) is 6.21. The molecule has 0 amide bonds. The van der Waals surface area contributed by atoms with Gasteiger partial charge < -0.3 is 0 Å². The topological polar surface area (TPSA) is 37.0 Å². The molecular formula is C15H19N3. The van der Waals surface area contributed by atoms with Gasteiger partial charge in [0.15, 0.2) is 0 Å². The molecule has 0 aliphatic rings. The fraction of sp³-hybridized carbons (Fsp3) is 0.267. The van der Waals surface area contributed by atoms with Crippen molar-refractivity contribution in [3.63, 3.8) is 0 Å². The number of pyridine rings is 1. The molecule has 3 heteroatoms.